The third-order valence-electron chi connectivity index (χ3n) is 2.59. The maximum Gasteiger partial charge on any atom is 0.320 e. The van der Waals surface area contributed by atoms with Crippen LogP contribution >= 0.6 is 11.6 Å². The third-order valence-corrected chi connectivity index (χ3v) is 3.68. The predicted octanol–water partition coefficient (Wildman–Crippen LogP) is 0.423. The van der Waals surface area contributed by atoms with Crippen LogP contribution in [-0.4, -0.2) is 41.1 Å². The number of aromatic hydroxyl groups is 1. The SMILES string of the molecule is NC(CCC(=O)Nc1cc(Cl)cc(S(=O)(=O)O)c1O)C(=O)O. The summed E-state index contributed by atoms with van der Waals surface area (Å²) in [6.07, 6.45) is -0.436. The number of nitrogens with two attached hydrogens (primary N) is 1. The normalized spacial score (nSPS) is 12.7. The lowest BCUT2D eigenvalue weighted by molar-refractivity contribution is -0.138. The lowest BCUT2D eigenvalue weighted by Crippen LogP contribution is -2.31. The highest BCUT2D eigenvalue weighted by molar-refractivity contribution is 7.86. The van der Waals surface area contributed by atoms with E-state index < -0.39 is 38.7 Å². The van der Waals surface area contributed by atoms with E-state index in [-0.39, 0.29) is 23.6 Å². The Kier molecular flexibility index (Phi) is 5.72. The van der Waals surface area contributed by atoms with Gasteiger partial charge in [0.05, 0.1) is 5.69 Å². The van der Waals surface area contributed by atoms with Gasteiger partial charge in [0.2, 0.25) is 5.91 Å². The minimum Gasteiger partial charge on any atom is -0.504 e. The zero-order chi connectivity index (χ0) is 17.1. The van der Waals surface area contributed by atoms with Crippen LogP contribution < -0.4 is 11.1 Å². The number of halogens is 1. The Morgan fingerprint density at radius 1 is 1.36 bits per heavy atom. The van der Waals surface area contributed by atoms with Crippen LogP contribution in [0.15, 0.2) is 17.0 Å². The number of amides is 1. The Bertz CT molecular complexity index is 705. The topological polar surface area (TPSA) is 167 Å². The second kappa shape index (κ2) is 6.92. The smallest absolute Gasteiger partial charge is 0.320 e. The van der Waals surface area contributed by atoms with Crippen LogP contribution in [0, 0.1) is 0 Å². The first-order chi connectivity index (χ1) is 10.0. The van der Waals surface area contributed by atoms with Crippen LogP contribution in [0.1, 0.15) is 12.8 Å². The monoisotopic (exact) mass is 352 g/mol. The molecule has 0 aliphatic heterocycles. The molecule has 6 N–H and O–H groups in total. The minimum atomic E-state index is -4.73. The molecule has 0 fully saturated rings. The minimum absolute atomic E-state index is 0.150. The Labute approximate surface area is 130 Å². The number of carbonyl (C=O) groups is 2. The van der Waals surface area contributed by atoms with Crippen molar-refractivity contribution in [1.82, 2.24) is 0 Å². The van der Waals surface area contributed by atoms with Gasteiger partial charge in [0.15, 0.2) is 5.75 Å². The highest BCUT2D eigenvalue weighted by Gasteiger charge is 2.21. The lowest BCUT2D eigenvalue weighted by Gasteiger charge is -2.11. The highest BCUT2D eigenvalue weighted by Crippen LogP contribution is 2.34. The molecule has 22 heavy (non-hydrogen) atoms. The number of carbonyl (C=O) groups excluding carboxylic acids is 1. The van der Waals surface area contributed by atoms with Crippen LogP contribution in [0.25, 0.3) is 0 Å². The van der Waals surface area contributed by atoms with Gasteiger partial charge in [-0.15, -0.1) is 0 Å². The van der Waals surface area contributed by atoms with Gasteiger partial charge in [-0.3, -0.25) is 14.1 Å². The number of aliphatic carboxylic acids is 1. The van der Waals surface area contributed by atoms with Crippen molar-refractivity contribution in [3.8, 4) is 5.75 Å². The quantitative estimate of drug-likeness (QED) is 0.362. The summed E-state index contributed by atoms with van der Waals surface area (Å²) in [6, 6.07) is 0.648. The molecule has 1 unspecified atom stereocenters. The summed E-state index contributed by atoms with van der Waals surface area (Å²) < 4.78 is 31.1. The summed E-state index contributed by atoms with van der Waals surface area (Å²) in [6.45, 7) is 0. The fourth-order valence-electron chi connectivity index (χ4n) is 1.49. The van der Waals surface area contributed by atoms with Gasteiger partial charge < -0.3 is 21.3 Å². The van der Waals surface area contributed by atoms with E-state index in [0.717, 1.165) is 12.1 Å². The fraction of sp³-hybridized carbons (Fsp3) is 0.273. The van der Waals surface area contributed by atoms with Crippen LogP contribution in [0.5, 0.6) is 5.75 Å². The number of carboxylic acids is 1. The van der Waals surface area contributed by atoms with E-state index in [4.69, 9.17) is 27.0 Å². The number of benzene rings is 1. The predicted molar refractivity (Wildman–Crippen MR) is 76.4 cm³/mol. The molecule has 0 aromatic heterocycles. The van der Waals surface area contributed by atoms with E-state index >= 15 is 0 Å². The van der Waals surface area contributed by atoms with E-state index in [1.807, 2.05) is 0 Å². The molecule has 0 aliphatic carbocycles. The molecule has 11 heteroatoms. The van der Waals surface area contributed by atoms with Crippen molar-refractivity contribution in [1.29, 1.82) is 0 Å². The molecule has 1 aromatic carbocycles. The van der Waals surface area contributed by atoms with Crippen LogP contribution in [0.2, 0.25) is 5.02 Å². The van der Waals surface area contributed by atoms with E-state index in [1.54, 1.807) is 0 Å². The first kappa shape index (κ1) is 18.2. The summed E-state index contributed by atoms with van der Waals surface area (Å²) >= 11 is 5.64. The number of nitrogens with one attached hydrogen (secondary N) is 1. The molecule has 0 aliphatic rings. The Hall–Kier alpha value is -1.88. The van der Waals surface area contributed by atoms with E-state index in [2.05, 4.69) is 5.32 Å². The third kappa shape index (κ3) is 4.84. The average Bonchev–Trinajstić information content (AvgIpc) is 2.38. The summed E-state index contributed by atoms with van der Waals surface area (Å²) in [4.78, 5) is 21.3. The van der Waals surface area contributed by atoms with Crippen LogP contribution in [-0.2, 0) is 19.7 Å². The van der Waals surface area contributed by atoms with Crippen molar-refractivity contribution in [3.63, 3.8) is 0 Å². The largest absolute Gasteiger partial charge is 0.504 e. The zero-order valence-electron chi connectivity index (χ0n) is 11.0. The van der Waals surface area contributed by atoms with Gasteiger partial charge in [-0.25, -0.2) is 0 Å². The van der Waals surface area contributed by atoms with Gasteiger partial charge in [-0.1, -0.05) is 11.6 Å². The van der Waals surface area contributed by atoms with Crippen LogP contribution in [0.4, 0.5) is 5.69 Å². The molecule has 0 saturated heterocycles. The molecule has 0 heterocycles. The van der Waals surface area contributed by atoms with Crippen molar-refractivity contribution in [3.05, 3.63) is 17.2 Å². The maximum absolute atomic E-state index is 11.6. The molecule has 0 radical (unpaired) electrons. The molecule has 1 amide bonds. The Morgan fingerprint density at radius 3 is 2.45 bits per heavy atom. The Morgan fingerprint density at radius 2 is 1.95 bits per heavy atom. The molecular weight excluding hydrogens is 340 g/mol. The van der Waals surface area contributed by atoms with Crippen LogP contribution in [0.3, 0.4) is 0 Å². The number of hydrogen-bond acceptors (Lipinski definition) is 6. The van der Waals surface area contributed by atoms with Gasteiger partial charge >= 0.3 is 5.97 Å². The number of anilines is 1. The van der Waals surface area contributed by atoms with E-state index in [9.17, 15) is 23.1 Å². The van der Waals surface area contributed by atoms with Gasteiger partial charge in [-0.2, -0.15) is 8.42 Å². The number of carboxylic acid groups (broad SMARTS) is 1. The van der Waals surface area contributed by atoms with Crippen molar-refractivity contribution in [2.45, 2.75) is 23.8 Å². The van der Waals surface area contributed by atoms with Crippen molar-refractivity contribution < 1.29 is 32.8 Å². The number of hydrogen-bond donors (Lipinski definition) is 5. The first-order valence-electron chi connectivity index (χ1n) is 5.80. The second-order valence-corrected chi connectivity index (χ2v) is 6.13. The molecule has 122 valence electrons. The van der Waals surface area contributed by atoms with Gasteiger partial charge in [-0.05, 0) is 18.6 Å². The van der Waals surface area contributed by atoms with E-state index in [1.165, 1.54) is 0 Å². The molecule has 0 spiro atoms. The molecule has 0 bridgehead atoms. The molecule has 1 rings (SSSR count). The first-order valence-corrected chi connectivity index (χ1v) is 7.62. The summed E-state index contributed by atoms with van der Waals surface area (Å²) in [5.74, 6) is -2.87. The van der Waals surface area contributed by atoms with Crippen molar-refractivity contribution >= 4 is 39.3 Å². The standard InChI is InChI=1S/C11H13ClN2O7S/c12-5-3-7(10(16)8(4-5)22(19,20)21)14-9(15)2-1-6(13)11(17)18/h3-4,6,16H,1-2,13H2,(H,14,15)(H,17,18)(H,19,20,21). The van der Waals surface area contributed by atoms with Gasteiger partial charge in [0, 0.05) is 11.4 Å². The molecular formula is C11H13ClN2O7S. The summed E-state index contributed by atoms with van der Waals surface area (Å²) in [5.41, 5.74) is 4.89. The number of phenolic OH excluding ortho intramolecular Hbond substituents is 1. The lowest BCUT2D eigenvalue weighted by atomic mass is 10.1. The maximum atomic E-state index is 11.6. The Balaban J connectivity index is 2.93. The summed E-state index contributed by atoms with van der Waals surface area (Å²) in [5, 5.41) is 20.3. The summed E-state index contributed by atoms with van der Waals surface area (Å²) in [7, 11) is -4.73. The molecule has 9 nitrogen and oxygen atoms in total. The van der Waals surface area contributed by atoms with Crippen molar-refractivity contribution in [2.75, 3.05) is 5.32 Å². The number of phenols is 1. The van der Waals surface area contributed by atoms with E-state index in [0.29, 0.717) is 0 Å². The second-order valence-electron chi connectivity index (χ2n) is 4.31. The number of rotatable bonds is 6. The molecule has 1 atom stereocenters. The molecule has 0 saturated carbocycles. The van der Waals surface area contributed by atoms with Crippen molar-refractivity contribution in [2.24, 2.45) is 5.73 Å². The average molecular weight is 353 g/mol. The molecule has 1 aromatic rings. The van der Waals surface area contributed by atoms with Gasteiger partial charge in [0.1, 0.15) is 10.9 Å². The zero-order valence-corrected chi connectivity index (χ0v) is 12.6. The highest BCUT2D eigenvalue weighted by atomic mass is 35.5. The fourth-order valence-corrected chi connectivity index (χ4v) is 2.40. The van der Waals surface area contributed by atoms with Gasteiger partial charge in [0.25, 0.3) is 10.1 Å².